The van der Waals surface area contributed by atoms with E-state index in [0.29, 0.717) is 11.5 Å². The Labute approximate surface area is 167 Å². The predicted octanol–water partition coefficient (Wildman–Crippen LogP) is 7.40. The van der Waals surface area contributed by atoms with Crippen LogP contribution in [0, 0.1) is 0 Å². The molecule has 5 heteroatoms. The number of hydrogen-bond donors (Lipinski definition) is 0. The molecule has 3 rings (SSSR count). The molecule has 0 unspecified atom stereocenters. The van der Waals surface area contributed by atoms with Gasteiger partial charge in [0.1, 0.15) is 11.5 Å². The largest absolute Gasteiger partial charge is 0.497 e. The summed E-state index contributed by atoms with van der Waals surface area (Å²) in [7, 11) is 1.63. The van der Waals surface area contributed by atoms with Gasteiger partial charge in [-0.2, -0.15) is 0 Å². The number of halogens is 1. The summed E-state index contributed by atoms with van der Waals surface area (Å²) in [6.45, 7) is 6.70. The first kappa shape index (κ1) is 19.0. The third-order valence-corrected chi connectivity index (χ3v) is 6.81. The minimum absolute atomic E-state index is 0.166. The van der Waals surface area contributed by atoms with Crippen molar-refractivity contribution in [2.45, 2.75) is 26.2 Å². The number of hydrogen-bond acceptors (Lipinski definition) is 4. The highest BCUT2D eigenvalue weighted by atomic mass is 35.5. The van der Waals surface area contributed by atoms with E-state index in [2.05, 4.69) is 39.0 Å². The van der Waals surface area contributed by atoms with E-state index in [9.17, 15) is 0 Å². The Morgan fingerprint density at radius 2 is 1.65 bits per heavy atom. The predicted molar refractivity (Wildman–Crippen MR) is 114 cm³/mol. The number of benzene rings is 1. The van der Waals surface area contributed by atoms with Crippen LogP contribution in [-0.4, -0.2) is 7.11 Å². The van der Waals surface area contributed by atoms with Crippen molar-refractivity contribution in [3.05, 3.63) is 63.8 Å². The fourth-order valence-electron chi connectivity index (χ4n) is 2.39. The number of rotatable bonds is 5. The van der Waals surface area contributed by atoms with Gasteiger partial charge in [-0.15, -0.1) is 22.7 Å². The summed E-state index contributed by atoms with van der Waals surface area (Å²) in [5.74, 6) is 2.07. The van der Waals surface area contributed by atoms with Crippen molar-refractivity contribution in [1.82, 2.24) is 0 Å². The topological polar surface area (TPSA) is 18.5 Å². The van der Waals surface area contributed by atoms with Crippen LogP contribution < -0.4 is 9.47 Å². The van der Waals surface area contributed by atoms with Crippen molar-refractivity contribution in [3.63, 3.8) is 0 Å². The summed E-state index contributed by atoms with van der Waals surface area (Å²) in [5.41, 5.74) is 1.64. The van der Waals surface area contributed by atoms with E-state index < -0.39 is 0 Å². The maximum absolute atomic E-state index is 6.04. The standard InChI is InChI=1S/C21H21ClO2S2/c1-21(2,3)20-11-10-19(26-20)18-9-8-17(25-18)16(13-22)24-15-7-5-6-14(12-15)23-4/h5-13H,1-4H3. The highest BCUT2D eigenvalue weighted by Crippen LogP contribution is 2.39. The molecule has 3 aromatic rings. The van der Waals surface area contributed by atoms with Crippen molar-refractivity contribution in [1.29, 1.82) is 0 Å². The Kier molecular flexibility index (Phi) is 5.76. The lowest BCUT2D eigenvalue weighted by atomic mass is 9.95. The molecule has 1 aromatic carbocycles. The lowest BCUT2D eigenvalue weighted by molar-refractivity contribution is 0.411. The molecule has 0 amide bonds. The summed E-state index contributed by atoms with van der Waals surface area (Å²) in [6.07, 6.45) is 0. The second kappa shape index (κ2) is 7.87. The smallest absolute Gasteiger partial charge is 0.155 e. The van der Waals surface area contributed by atoms with Crippen molar-refractivity contribution in [2.24, 2.45) is 0 Å². The lowest BCUT2D eigenvalue weighted by Crippen LogP contribution is -2.07. The van der Waals surface area contributed by atoms with Crippen LogP contribution in [0.15, 0.2) is 54.1 Å². The molecule has 0 aliphatic rings. The minimum Gasteiger partial charge on any atom is -0.497 e. The van der Waals surface area contributed by atoms with Gasteiger partial charge < -0.3 is 9.47 Å². The van der Waals surface area contributed by atoms with E-state index in [0.717, 1.165) is 10.6 Å². The highest BCUT2D eigenvalue weighted by Gasteiger charge is 2.17. The summed E-state index contributed by atoms with van der Waals surface area (Å²) in [5, 5.41) is 0. The van der Waals surface area contributed by atoms with Crippen molar-refractivity contribution >= 4 is 40.0 Å². The van der Waals surface area contributed by atoms with Gasteiger partial charge in [0.2, 0.25) is 0 Å². The average molecular weight is 405 g/mol. The second-order valence-electron chi connectivity index (χ2n) is 6.83. The molecule has 26 heavy (non-hydrogen) atoms. The molecule has 0 saturated carbocycles. The molecular formula is C21H21ClO2S2. The van der Waals surface area contributed by atoms with Crippen LogP contribution >= 0.6 is 34.3 Å². The number of ether oxygens (including phenoxy) is 2. The molecule has 136 valence electrons. The van der Waals surface area contributed by atoms with Crippen LogP contribution in [0.1, 0.15) is 30.5 Å². The molecule has 0 fully saturated rings. The van der Waals surface area contributed by atoms with Gasteiger partial charge >= 0.3 is 0 Å². The van der Waals surface area contributed by atoms with Crippen LogP contribution in [0.5, 0.6) is 11.5 Å². The Morgan fingerprint density at radius 1 is 0.962 bits per heavy atom. The third-order valence-electron chi connectivity index (χ3n) is 3.81. The van der Waals surface area contributed by atoms with Gasteiger partial charge in [0.25, 0.3) is 0 Å². The SMILES string of the molecule is COc1cccc(OC(=CCl)c2ccc(-c3ccc(C(C)(C)C)s3)s2)c1. The minimum atomic E-state index is 0.166. The molecule has 2 nitrogen and oxygen atoms in total. The Hall–Kier alpha value is -1.75. The third kappa shape index (κ3) is 4.32. The van der Waals surface area contributed by atoms with Crippen LogP contribution in [-0.2, 0) is 5.41 Å². The summed E-state index contributed by atoms with van der Waals surface area (Å²) in [4.78, 5) is 4.85. The Balaban J connectivity index is 1.82. The molecule has 0 aliphatic heterocycles. The Bertz CT molecular complexity index is 916. The molecule has 2 heterocycles. The summed E-state index contributed by atoms with van der Waals surface area (Å²) < 4.78 is 11.2. The zero-order chi connectivity index (χ0) is 18.7. The van der Waals surface area contributed by atoms with Gasteiger partial charge in [0.05, 0.1) is 12.0 Å². The monoisotopic (exact) mass is 404 g/mol. The zero-order valence-corrected chi connectivity index (χ0v) is 17.6. The molecule has 0 bridgehead atoms. The molecule has 0 atom stereocenters. The normalized spacial score (nSPS) is 12.3. The van der Waals surface area contributed by atoms with E-state index in [1.807, 2.05) is 41.7 Å². The van der Waals surface area contributed by atoms with Crippen molar-refractivity contribution in [2.75, 3.05) is 7.11 Å². The van der Waals surface area contributed by atoms with Crippen molar-refractivity contribution in [3.8, 4) is 21.3 Å². The molecular weight excluding hydrogens is 384 g/mol. The van der Waals surface area contributed by atoms with Gasteiger partial charge in [-0.25, -0.2) is 0 Å². The maximum Gasteiger partial charge on any atom is 0.155 e. The van der Waals surface area contributed by atoms with E-state index in [1.54, 1.807) is 18.4 Å². The van der Waals surface area contributed by atoms with E-state index in [4.69, 9.17) is 21.1 Å². The fraction of sp³-hybridized carbons (Fsp3) is 0.238. The molecule has 0 spiro atoms. The fourth-order valence-corrected chi connectivity index (χ4v) is 4.73. The first-order valence-electron chi connectivity index (χ1n) is 8.24. The number of thiophene rings is 2. The van der Waals surface area contributed by atoms with Gasteiger partial charge in [-0.3, -0.25) is 0 Å². The van der Waals surface area contributed by atoms with Crippen LogP contribution in [0.3, 0.4) is 0 Å². The van der Waals surface area contributed by atoms with E-state index in [1.165, 1.54) is 20.2 Å². The summed E-state index contributed by atoms with van der Waals surface area (Å²) >= 11 is 9.54. The second-order valence-corrected chi connectivity index (χ2v) is 9.22. The van der Waals surface area contributed by atoms with Gasteiger partial charge in [-0.05, 0) is 41.8 Å². The van der Waals surface area contributed by atoms with Gasteiger partial charge in [0, 0.05) is 26.2 Å². The Morgan fingerprint density at radius 3 is 2.31 bits per heavy atom. The molecule has 0 radical (unpaired) electrons. The lowest BCUT2D eigenvalue weighted by Gasteiger charge is -2.15. The quantitative estimate of drug-likeness (QED) is 0.412. The maximum atomic E-state index is 6.04. The van der Waals surface area contributed by atoms with E-state index in [-0.39, 0.29) is 5.41 Å². The highest BCUT2D eigenvalue weighted by molar-refractivity contribution is 7.22. The molecule has 0 N–H and O–H groups in total. The first-order valence-corrected chi connectivity index (χ1v) is 10.3. The van der Waals surface area contributed by atoms with Crippen molar-refractivity contribution < 1.29 is 9.47 Å². The van der Waals surface area contributed by atoms with Crippen LogP contribution in [0.2, 0.25) is 0 Å². The number of methoxy groups -OCH3 is 1. The first-order chi connectivity index (χ1) is 12.4. The van der Waals surface area contributed by atoms with Crippen LogP contribution in [0.25, 0.3) is 15.5 Å². The van der Waals surface area contributed by atoms with Gasteiger partial charge in [-0.1, -0.05) is 38.4 Å². The van der Waals surface area contributed by atoms with Gasteiger partial charge in [0.15, 0.2) is 5.76 Å². The molecule has 0 aliphatic carbocycles. The summed E-state index contributed by atoms with van der Waals surface area (Å²) in [6, 6.07) is 16.1. The average Bonchev–Trinajstić information content (AvgIpc) is 3.28. The zero-order valence-electron chi connectivity index (χ0n) is 15.2. The molecule has 0 saturated heterocycles. The van der Waals surface area contributed by atoms with E-state index >= 15 is 0 Å². The van der Waals surface area contributed by atoms with Crippen LogP contribution in [0.4, 0.5) is 0 Å². The molecule has 2 aromatic heterocycles.